The summed E-state index contributed by atoms with van der Waals surface area (Å²) in [7, 11) is 0. The fourth-order valence-corrected chi connectivity index (χ4v) is 18.1. The van der Waals surface area contributed by atoms with Crippen LogP contribution in [0.3, 0.4) is 0 Å². The molecular formula is C79H95Br2N19O11. The molecule has 15 rings (SSSR count). The Kier molecular flexibility index (Phi) is 24.5. The zero-order valence-electron chi connectivity index (χ0n) is 62.1. The van der Waals surface area contributed by atoms with Gasteiger partial charge in [0.25, 0.3) is 0 Å². The van der Waals surface area contributed by atoms with Gasteiger partial charge in [0.2, 0.25) is 23.6 Å². The van der Waals surface area contributed by atoms with Crippen LogP contribution in [0.2, 0.25) is 0 Å². The van der Waals surface area contributed by atoms with Crippen LogP contribution in [0.5, 0.6) is 5.75 Å². The highest BCUT2D eigenvalue weighted by atomic mass is 79.9. The maximum absolute atomic E-state index is 14.5. The van der Waals surface area contributed by atoms with Crippen molar-refractivity contribution in [1.29, 1.82) is 0 Å². The maximum Gasteiger partial charge on any atom is 0.413 e. The molecule has 0 unspecified atom stereocenters. The number of rotatable bonds is 18. The number of ether oxygens (including phenoxy) is 2. The standard InChI is InChI=1S/C41H50N10O5.C38H45Br2N9O6/c1-27-22-29(23-30-26-44-48-36(27)30)25-34(46-39(54)51-16-10-41(11-17-51)32-4-2-3-5-33(32)47-40(55)56-41)37(52)45-35(24-28-6-12-42-13-7-28)38(53)50-20-18-49(19-21-50)31-8-14-43-15-9-31;39-28-20-25(21-29(40)32(28)50)23-30(45-36(53)49-14-7-38(8-15-49)27-2-1-9-43-33(27)46-37(54)55-38)34(51)44-31(22-24-3-10-41-11-4-24)35(52)48-18-16-47(17-19-48)26-5-12-42-13-6-26/h2-5,8-9,14-15,22-23,26,28,34-35,42H,6-7,10-13,16-21,24-25H2,1H3,(H,44,48)(H,45,52)(H,46,54)(H,47,55);1-2,5-6,9,12-13,20-21,24,30-31,41,50H,3-4,7-8,10-11,14-19,22-23H2,(H,44,51)(H,45,53)(H,43,46,54)/t34-,35+;30-,31+/m11/s1. The highest BCUT2D eigenvalue weighted by Gasteiger charge is 2.48. The second kappa shape index (κ2) is 35.0. The monoisotopic (exact) mass is 1640 g/mol. The third kappa shape index (κ3) is 18.4. The summed E-state index contributed by atoms with van der Waals surface area (Å²) in [4.78, 5) is 135. The summed E-state index contributed by atoms with van der Waals surface area (Å²) in [5.41, 5.74) is 6.16. The second-order valence-corrected chi connectivity index (χ2v) is 31.7. The molecule has 0 aliphatic carbocycles. The number of aromatic amines is 1. The number of carbonyl (C=O) groups excluding carboxylic acids is 8. The molecule has 12 heterocycles. The van der Waals surface area contributed by atoms with Crippen LogP contribution in [0, 0.1) is 18.8 Å². The van der Waals surface area contributed by atoms with E-state index in [-0.39, 0.29) is 61.4 Å². The molecule has 2 spiro atoms. The van der Waals surface area contributed by atoms with Gasteiger partial charge in [-0.3, -0.25) is 44.9 Å². The number of aryl methyl sites for hydroxylation is 1. The number of fused-ring (bicyclic) bond motifs is 5. The van der Waals surface area contributed by atoms with Gasteiger partial charge in [0.1, 0.15) is 46.9 Å². The Morgan fingerprint density at radius 2 is 1.00 bits per heavy atom. The Labute approximate surface area is 660 Å². The normalized spacial score (nSPS) is 19.5. The molecule has 10 N–H and O–H groups in total. The maximum atomic E-state index is 14.5. The number of nitrogens with zero attached hydrogens (tertiary/aromatic N) is 10. The predicted molar refractivity (Wildman–Crippen MR) is 423 cm³/mol. The molecule has 586 valence electrons. The molecule has 30 nitrogen and oxygen atoms in total. The molecule has 32 heteroatoms. The van der Waals surface area contributed by atoms with Gasteiger partial charge in [0.05, 0.1) is 26.3 Å². The first-order valence-electron chi connectivity index (χ1n) is 38.5. The van der Waals surface area contributed by atoms with E-state index in [9.17, 15) is 43.5 Å². The molecule has 0 bridgehead atoms. The van der Waals surface area contributed by atoms with Gasteiger partial charge in [-0.25, -0.2) is 24.2 Å². The SMILES string of the molecule is Cc1cc(C[C@@H](NC(=O)N2CCC3(CC2)OC(=O)Nc2ccccc23)C(=O)N[C@@H](CC2CCNCC2)C(=O)N2CCN(c3ccncc3)CC2)cc2cn[nH]c12.O=C1Nc2ncccc2C2(CCN(C(=O)N[C@H](Cc3cc(Br)c(O)c(Br)c3)C(=O)N[C@@H](CC3CCNCC3)C(=O)N3CCN(c4ccncc4)CC3)CC2)O1. The number of hydrogen-bond donors (Lipinski definition) is 10. The molecule has 0 radical (unpaired) electrons. The molecule has 4 atom stereocenters. The summed E-state index contributed by atoms with van der Waals surface area (Å²) in [6, 6.07) is 22.1. The lowest BCUT2D eigenvalue weighted by Gasteiger charge is -2.44. The van der Waals surface area contributed by atoms with Crippen LogP contribution in [0.4, 0.5) is 42.1 Å². The van der Waals surface area contributed by atoms with Crippen molar-refractivity contribution in [3.05, 3.63) is 159 Å². The number of halogens is 2. The zero-order chi connectivity index (χ0) is 77.2. The zero-order valence-corrected chi connectivity index (χ0v) is 65.2. The number of phenols is 1. The van der Waals surface area contributed by atoms with Crippen LogP contribution in [0.25, 0.3) is 10.9 Å². The Hall–Kier alpha value is -10.2. The number of piperidine rings is 4. The number of pyridine rings is 3. The molecular weight excluding hydrogens is 1550 g/mol. The molecule has 3 aromatic carbocycles. The minimum Gasteiger partial charge on any atom is -0.506 e. The fourth-order valence-electron chi connectivity index (χ4n) is 16.8. The van der Waals surface area contributed by atoms with Gasteiger partial charge in [-0.1, -0.05) is 24.3 Å². The molecule has 0 saturated carbocycles. The topological polar surface area (TPSA) is 358 Å². The Balaban J connectivity index is 0.000000185. The molecule has 10 amide bonds. The summed E-state index contributed by atoms with van der Waals surface area (Å²) >= 11 is 6.77. The van der Waals surface area contributed by atoms with E-state index in [1.54, 1.807) is 65.2 Å². The van der Waals surface area contributed by atoms with E-state index in [1.165, 1.54) is 0 Å². The summed E-state index contributed by atoms with van der Waals surface area (Å²) in [6.07, 6.45) is 15.8. The van der Waals surface area contributed by atoms with Crippen molar-refractivity contribution >= 4 is 114 Å². The number of anilines is 4. The Morgan fingerprint density at radius 3 is 1.50 bits per heavy atom. The van der Waals surface area contributed by atoms with Gasteiger partial charge >= 0.3 is 24.2 Å². The summed E-state index contributed by atoms with van der Waals surface area (Å²) in [5, 5.41) is 43.0. The Morgan fingerprint density at radius 1 is 0.541 bits per heavy atom. The van der Waals surface area contributed by atoms with Crippen molar-refractivity contribution in [3.63, 3.8) is 0 Å². The number of aromatic nitrogens is 5. The number of nitrogens with one attached hydrogen (secondary N) is 9. The first-order chi connectivity index (χ1) is 53.8. The van der Waals surface area contributed by atoms with Crippen molar-refractivity contribution in [2.45, 2.75) is 119 Å². The largest absolute Gasteiger partial charge is 0.506 e. The summed E-state index contributed by atoms with van der Waals surface area (Å²) < 4.78 is 12.6. The number of amides is 10. The minimum absolute atomic E-state index is 0.0167. The van der Waals surface area contributed by atoms with Crippen LogP contribution < -0.4 is 52.3 Å². The average molecular weight is 1650 g/mol. The third-order valence-electron chi connectivity index (χ3n) is 23.0. The van der Waals surface area contributed by atoms with E-state index in [2.05, 4.69) is 109 Å². The van der Waals surface area contributed by atoms with E-state index in [0.29, 0.717) is 130 Å². The van der Waals surface area contributed by atoms with Crippen molar-refractivity contribution in [2.75, 3.05) is 125 Å². The van der Waals surface area contributed by atoms with Gasteiger partial charge in [-0.2, -0.15) is 5.10 Å². The first-order valence-corrected chi connectivity index (χ1v) is 40.1. The first kappa shape index (κ1) is 77.5. The number of likely N-dealkylation sites (tertiary alicyclic amines) is 2. The molecule has 4 aromatic heterocycles. The fraction of sp³-hybridized carbons (Fsp3) is 0.468. The summed E-state index contributed by atoms with van der Waals surface area (Å²) in [5.74, 6) is -0.114. The number of para-hydroxylation sites is 1. The molecule has 6 fully saturated rings. The molecule has 6 saturated heterocycles. The minimum atomic E-state index is -1.06. The lowest BCUT2D eigenvalue weighted by Crippen LogP contribution is -2.59. The van der Waals surface area contributed by atoms with Gasteiger partial charge in [-0.15, -0.1) is 0 Å². The lowest BCUT2D eigenvalue weighted by atomic mass is 9.82. The number of phenolic OH excluding ortho intramolecular Hbond substituents is 1. The van der Waals surface area contributed by atoms with E-state index >= 15 is 0 Å². The van der Waals surface area contributed by atoms with Gasteiger partial charge in [-0.05, 0) is 193 Å². The average Bonchev–Trinajstić information content (AvgIpc) is 1.45. The quantitative estimate of drug-likeness (QED) is 0.0392. The van der Waals surface area contributed by atoms with Crippen LogP contribution in [0.1, 0.15) is 92.0 Å². The highest BCUT2D eigenvalue weighted by molar-refractivity contribution is 9.11. The molecule has 111 heavy (non-hydrogen) atoms. The van der Waals surface area contributed by atoms with E-state index in [4.69, 9.17) is 9.47 Å². The third-order valence-corrected chi connectivity index (χ3v) is 24.2. The van der Waals surface area contributed by atoms with Crippen LogP contribution in [-0.2, 0) is 52.7 Å². The number of carbonyl (C=O) groups is 8. The number of benzene rings is 3. The lowest BCUT2D eigenvalue weighted by molar-refractivity contribution is -0.137. The number of urea groups is 2. The second-order valence-electron chi connectivity index (χ2n) is 30.0. The van der Waals surface area contributed by atoms with Crippen molar-refractivity contribution in [2.24, 2.45) is 11.8 Å². The number of aromatic hydroxyl groups is 1. The smallest absolute Gasteiger partial charge is 0.413 e. The highest BCUT2D eigenvalue weighted by Crippen LogP contribution is 2.45. The predicted octanol–water partition coefficient (Wildman–Crippen LogP) is 7.77. The Bertz CT molecular complexity index is 4480. The van der Waals surface area contributed by atoms with E-state index < -0.39 is 65.4 Å². The molecule has 8 aliphatic heterocycles. The van der Waals surface area contributed by atoms with Crippen molar-refractivity contribution in [1.82, 2.24) is 76.6 Å². The molecule has 7 aromatic rings. The van der Waals surface area contributed by atoms with Crippen molar-refractivity contribution in [3.8, 4) is 5.75 Å². The van der Waals surface area contributed by atoms with Gasteiger partial charge in [0, 0.05) is 176 Å². The van der Waals surface area contributed by atoms with Gasteiger partial charge < -0.3 is 75.9 Å². The van der Waals surface area contributed by atoms with Crippen LogP contribution in [0.15, 0.2) is 131 Å². The number of hydrogen-bond acceptors (Lipinski definition) is 19. The van der Waals surface area contributed by atoms with Crippen molar-refractivity contribution < 1.29 is 52.9 Å². The summed E-state index contributed by atoms with van der Waals surface area (Å²) in [6.45, 7) is 11.4. The number of piperazine rings is 2. The van der Waals surface area contributed by atoms with Crippen LogP contribution >= 0.6 is 31.9 Å². The van der Waals surface area contributed by atoms with Crippen LogP contribution in [-0.4, -0.2) is 227 Å². The number of H-pyrrole nitrogens is 1. The van der Waals surface area contributed by atoms with Gasteiger partial charge in [0.15, 0.2) is 0 Å². The van der Waals surface area contributed by atoms with E-state index in [1.807, 2.05) is 83.5 Å². The molecule has 8 aliphatic rings. The van der Waals surface area contributed by atoms with E-state index in [0.717, 1.165) is 96.4 Å².